The Balaban J connectivity index is 2.31. The van der Waals surface area contributed by atoms with E-state index in [0.29, 0.717) is 6.54 Å². The number of hydrogen-bond acceptors (Lipinski definition) is 2. The van der Waals surface area contributed by atoms with Crippen molar-refractivity contribution >= 4 is 22.8 Å². The minimum absolute atomic E-state index is 0.0239. The van der Waals surface area contributed by atoms with Crippen LogP contribution in [0.25, 0.3) is 16.8 Å². The molecule has 2 aromatic carbocycles. The van der Waals surface area contributed by atoms with Gasteiger partial charge < -0.3 is 10.1 Å². The normalized spacial score (nSPS) is 10.8. The van der Waals surface area contributed by atoms with Gasteiger partial charge in [-0.3, -0.25) is 4.79 Å². The molecule has 0 atom stereocenters. The van der Waals surface area contributed by atoms with Gasteiger partial charge in [0.15, 0.2) is 0 Å². The van der Waals surface area contributed by atoms with Crippen LogP contribution in [0.5, 0.6) is 5.75 Å². The average Bonchev–Trinajstić information content (AvgIpc) is 2.43. The summed E-state index contributed by atoms with van der Waals surface area (Å²) in [5.74, 6) is 0.846. The smallest absolute Gasteiger partial charge is 0.217 e. The van der Waals surface area contributed by atoms with Crippen LogP contribution in [0.2, 0.25) is 0 Å². The average molecular weight is 255 g/mol. The largest absolute Gasteiger partial charge is 0.496 e. The van der Waals surface area contributed by atoms with Crippen LogP contribution in [0.3, 0.4) is 0 Å². The summed E-state index contributed by atoms with van der Waals surface area (Å²) in [4.78, 5) is 10.8. The topological polar surface area (TPSA) is 38.3 Å². The quantitative estimate of drug-likeness (QED) is 0.912. The van der Waals surface area contributed by atoms with Crippen LogP contribution in [-0.2, 0) is 4.79 Å². The molecule has 1 amide bonds. The summed E-state index contributed by atoms with van der Waals surface area (Å²) in [6, 6.07) is 12.1. The molecule has 0 heterocycles. The Morgan fingerprint density at radius 2 is 1.95 bits per heavy atom. The molecule has 19 heavy (non-hydrogen) atoms. The zero-order valence-electron chi connectivity index (χ0n) is 11.1. The molecule has 0 saturated carbocycles. The first-order valence-electron chi connectivity index (χ1n) is 6.19. The molecule has 0 bridgehead atoms. The molecule has 0 unspecified atom stereocenters. The van der Waals surface area contributed by atoms with E-state index in [1.54, 1.807) is 7.11 Å². The van der Waals surface area contributed by atoms with Crippen LogP contribution >= 0.6 is 0 Å². The number of amides is 1. The van der Waals surface area contributed by atoms with Crippen molar-refractivity contribution in [1.82, 2.24) is 5.32 Å². The standard InChI is InChI=1S/C16H17NO2/c1-12(18)17-11-5-6-13-9-10-16(19-2)15-8-4-3-7-14(13)15/h3-10H,11H2,1-2H3,(H,17,18). The fourth-order valence-electron chi connectivity index (χ4n) is 2.01. The van der Waals surface area contributed by atoms with Crippen molar-refractivity contribution in [3.8, 4) is 5.75 Å². The molecule has 3 nitrogen and oxygen atoms in total. The lowest BCUT2D eigenvalue weighted by Gasteiger charge is -2.07. The number of fused-ring (bicyclic) bond motifs is 1. The Morgan fingerprint density at radius 1 is 1.21 bits per heavy atom. The number of carbonyl (C=O) groups excluding carboxylic acids is 1. The highest BCUT2D eigenvalue weighted by atomic mass is 16.5. The Kier molecular flexibility index (Phi) is 4.18. The van der Waals surface area contributed by atoms with E-state index in [-0.39, 0.29) is 5.91 Å². The number of methoxy groups -OCH3 is 1. The molecule has 2 rings (SSSR count). The number of ether oxygens (including phenoxy) is 1. The van der Waals surface area contributed by atoms with E-state index < -0.39 is 0 Å². The SMILES string of the molecule is COc1ccc(C=CCNC(C)=O)c2ccccc12. The van der Waals surface area contributed by atoms with Gasteiger partial charge in [-0.25, -0.2) is 0 Å². The van der Waals surface area contributed by atoms with E-state index in [0.717, 1.165) is 22.1 Å². The molecular formula is C16H17NO2. The predicted molar refractivity (Wildman–Crippen MR) is 78.2 cm³/mol. The molecule has 0 aliphatic rings. The molecule has 0 aromatic heterocycles. The molecule has 2 aromatic rings. The van der Waals surface area contributed by atoms with E-state index in [1.165, 1.54) is 6.92 Å². The van der Waals surface area contributed by atoms with Gasteiger partial charge in [-0.1, -0.05) is 42.5 Å². The van der Waals surface area contributed by atoms with E-state index in [9.17, 15) is 4.79 Å². The van der Waals surface area contributed by atoms with E-state index in [1.807, 2.05) is 42.5 Å². The third kappa shape index (κ3) is 3.13. The van der Waals surface area contributed by atoms with Crippen molar-refractivity contribution in [3.63, 3.8) is 0 Å². The minimum Gasteiger partial charge on any atom is -0.496 e. The van der Waals surface area contributed by atoms with Crippen LogP contribution < -0.4 is 10.1 Å². The maximum atomic E-state index is 10.8. The second kappa shape index (κ2) is 6.05. The van der Waals surface area contributed by atoms with Crippen molar-refractivity contribution in [1.29, 1.82) is 0 Å². The van der Waals surface area contributed by atoms with Crippen LogP contribution in [0.15, 0.2) is 42.5 Å². The maximum absolute atomic E-state index is 10.8. The third-order valence-electron chi connectivity index (χ3n) is 2.90. The van der Waals surface area contributed by atoms with E-state index in [4.69, 9.17) is 4.74 Å². The highest BCUT2D eigenvalue weighted by molar-refractivity contribution is 5.94. The first-order chi connectivity index (χ1) is 9.22. The molecule has 0 aliphatic carbocycles. The summed E-state index contributed by atoms with van der Waals surface area (Å²) in [7, 11) is 1.67. The third-order valence-corrected chi connectivity index (χ3v) is 2.90. The number of nitrogens with one attached hydrogen (secondary N) is 1. The molecule has 0 aliphatic heterocycles. The molecule has 0 spiro atoms. The van der Waals surface area contributed by atoms with Crippen molar-refractivity contribution in [2.24, 2.45) is 0 Å². The summed E-state index contributed by atoms with van der Waals surface area (Å²) in [6.07, 6.45) is 3.95. The highest BCUT2D eigenvalue weighted by Crippen LogP contribution is 2.28. The molecule has 98 valence electrons. The van der Waals surface area contributed by atoms with Gasteiger partial charge in [0.1, 0.15) is 5.75 Å². The predicted octanol–water partition coefficient (Wildman–Crippen LogP) is 3.00. The number of carbonyl (C=O) groups is 1. The summed E-state index contributed by atoms with van der Waals surface area (Å²) in [5.41, 5.74) is 1.11. The Morgan fingerprint density at radius 3 is 2.63 bits per heavy atom. The van der Waals surface area contributed by atoms with E-state index >= 15 is 0 Å². The lowest BCUT2D eigenvalue weighted by atomic mass is 10.0. The minimum atomic E-state index is -0.0239. The van der Waals surface area contributed by atoms with Crippen molar-refractivity contribution in [2.45, 2.75) is 6.92 Å². The van der Waals surface area contributed by atoms with Gasteiger partial charge in [-0.2, -0.15) is 0 Å². The molecule has 0 saturated heterocycles. The Hall–Kier alpha value is -2.29. The molecular weight excluding hydrogens is 238 g/mol. The summed E-state index contributed by atoms with van der Waals surface area (Å²) < 4.78 is 5.36. The zero-order chi connectivity index (χ0) is 13.7. The lowest BCUT2D eigenvalue weighted by Crippen LogP contribution is -2.19. The van der Waals surface area contributed by atoms with Gasteiger partial charge in [0.25, 0.3) is 0 Å². The second-order valence-corrected chi connectivity index (χ2v) is 4.24. The Labute approximate surface area is 112 Å². The summed E-state index contributed by atoms with van der Waals surface area (Å²) in [5, 5.41) is 4.97. The number of benzene rings is 2. The van der Waals surface area contributed by atoms with Gasteiger partial charge in [0.2, 0.25) is 5.91 Å². The van der Waals surface area contributed by atoms with E-state index in [2.05, 4.69) is 11.4 Å². The zero-order valence-corrected chi connectivity index (χ0v) is 11.1. The van der Waals surface area contributed by atoms with Gasteiger partial charge >= 0.3 is 0 Å². The molecule has 0 fully saturated rings. The van der Waals surface area contributed by atoms with Crippen LogP contribution in [0, 0.1) is 0 Å². The second-order valence-electron chi connectivity index (χ2n) is 4.24. The fraction of sp³-hybridized carbons (Fsp3) is 0.188. The first-order valence-corrected chi connectivity index (χ1v) is 6.19. The number of rotatable bonds is 4. The molecule has 0 radical (unpaired) electrons. The van der Waals surface area contributed by atoms with Gasteiger partial charge in [0, 0.05) is 18.9 Å². The Bertz CT molecular complexity index is 617. The van der Waals surface area contributed by atoms with Gasteiger partial charge in [0.05, 0.1) is 7.11 Å². The van der Waals surface area contributed by atoms with Crippen molar-refractivity contribution < 1.29 is 9.53 Å². The molecule has 3 heteroatoms. The summed E-state index contributed by atoms with van der Waals surface area (Å²) >= 11 is 0. The summed E-state index contributed by atoms with van der Waals surface area (Å²) in [6.45, 7) is 2.05. The highest BCUT2D eigenvalue weighted by Gasteiger charge is 2.03. The van der Waals surface area contributed by atoms with Crippen LogP contribution in [0.1, 0.15) is 12.5 Å². The van der Waals surface area contributed by atoms with Crippen molar-refractivity contribution in [3.05, 3.63) is 48.0 Å². The van der Waals surface area contributed by atoms with Crippen molar-refractivity contribution in [2.75, 3.05) is 13.7 Å². The van der Waals surface area contributed by atoms with Crippen LogP contribution in [-0.4, -0.2) is 19.6 Å². The molecule has 1 N–H and O–H groups in total. The fourth-order valence-corrected chi connectivity index (χ4v) is 2.01. The van der Waals surface area contributed by atoms with Gasteiger partial charge in [-0.05, 0) is 17.0 Å². The van der Waals surface area contributed by atoms with Crippen LogP contribution in [0.4, 0.5) is 0 Å². The first kappa shape index (κ1) is 13.1. The lowest BCUT2D eigenvalue weighted by molar-refractivity contribution is -0.118. The monoisotopic (exact) mass is 255 g/mol. The maximum Gasteiger partial charge on any atom is 0.217 e. The van der Waals surface area contributed by atoms with Gasteiger partial charge in [-0.15, -0.1) is 0 Å². The number of hydrogen-bond donors (Lipinski definition) is 1.